The van der Waals surface area contributed by atoms with Gasteiger partial charge in [0.05, 0.1) is 12.5 Å². The predicted octanol–water partition coefficient (Wildman–Crippen LogP) is 8.43. The minimum atomic E-state index is -0.950. The van der Waals surface area contributed by atoms with Crippen LogP contribution in [0.3, 0.4) is 0 Å². The van der Waals surface area contributed by atoms with E-state index in [-0.39, 0.29) is 30.2 Å². The number of hydrogen-bond donors (Lipinski definition) is 3. The molecule has 5 rings (SSSR count). The van der Waals surface area contributed by atoms with Crippen LogP contribution in [0, 0.1) is 11.8 Å². The summed E-state index contributed by atoms with van der Waals surface area (Å²) in [5.74, 6) is -0.862. The molecule has 0 radical (unpaired) electrons. The highest BCUT2D eigenvalue weighted by Gasteiger charge is 2.28. The number of unbranched alkanes of at least 4 members (excludes halogenated alkanes) is 4. The lowest BCUT2D eigenvalue weighted by molar-refractivity contribution is -0.142. The van der Waals surface area contributed by atoms with Crippen LogP contribution in [0.25, 0.3) is 22.5 Å². The molecule has 3 N–H and O–H groups in total. The second-order valence-electron chi connectivity index (χ2n) is 15.9. The van der Waals surface area contributed by atoms with Gasteiger partial charge in [-0.05, 0) is 78.0 Å². The third-order valence-corrected chi connectivity index (χ3v) is 10.5. The fourth-order valence-electron chi connectivity index (χ4n) is 6.87. The number of nitrogens with one attached hydrogen (secondary N) is 2. The minimum absolute atomic E-state index is 0.0262. The topological polar surface area (TPSA) is 140 Å². The van der Waals surface area contributed by atoms with E-state index in [0.29, 0.717) is 31.0 Å². The van der Waals surface area contributed by atoms with Gasteiger partial charge in [0.2, 0.25) is 5.91 Å². The minimum Gasteiger partial charge on any atom is -0.494 e. The SMILES string of the molecule is CCCCCCCOc1ccc(-c2cnc(-c3ccc(CC(NC(=O)c4ccc(C(C)(C)C)cc4)C(=O)NCC(CC4CCOCC4)C(=O)O)cc3)nc2)cc1. The number of carbonyl (C=O) groups is 3. The van der Waals surface area contributed by atoms with Gasteiger partial charge in [-0.15, -0.1) is 0 Å². The number of aliphatic carboxylic acids is 1. The third-order valence-electron chi connectivity index (χ3n) is 10.5. The van der Waals surface area contributed by atoms with Crippen molar-refractivity contribution in [3.05, 3.63) is 102 Å². The van der Waals surface area contributed by atoms with E-state index in [4.69, 9.17) is 9.47 Å². The molecule has 0 spiro atoms. The first kappa shape index (κ1) is 42.1. The number of carbonyl (C=O) groups excluding carboxylic acids is 2. The maximum absolute atomic E-state index is 13.7. The summed E-state index contributed by atoms with van der Waals surface area (Å²) >= 11 is 0. The van der Waals surface area contributed by atoms with Crippen molar-refractivity contribution in [2.24, 2.45) is 11.8 Å². The lowest BCUT2D eigenvalue weighted by atomic mass is 9.86. The Hall–Kier alpha value is -5.09. The molecule has 298 valence electrons. The van der Waals surface area contributed by atoms with E-state index >= 15 is 0 Å². The quantitative estimate of drug-likeness (QED) is 0.0810. The molecule has 56 heavy (non-hydrogen) atoms. The van der Waals surface area contributed by atoms with Crippen molar-refractivity contribution in [2.75, 3.05) is 26.4 Å². The first-order valence-electron chi connectivity index (χ1n) is 20.1. The summed E-state index contributed by atoms with van der Waals surface area (Å²) in [6, 6.07) is 22.0. The maximum atomic E-state index is 13.7. The van der Waals surface area contributed by atoms with E-state index in [1.54, 1.807) is 24.5 Å². The number of hydrogen-bond acceptors (Lipinski definition) is 7. The van der Waals surface area contributed by atoms with E-state index in [2.05, 4.69) is 48.3 Å². The molecule has 2 unspecified atom stereocenters. The fourth-order valence-corrected chi connectivity index (χ4v) is 6.87. The van der Waals surface area contributed by atoms with Gasteiger partial charge < -0.3 is 25.2 Å². The number of carboxylic acids is 1. The van der Waals surface area contributed by atoms with Crippen molar-refractivity contribution >= 4 is 17.8 Å². The Morgan fingerprint density at radius 2 is 1.48 bits per heavy atom. The Morgan fingerprint density at radius 3 is 2.11 bits per heavy atom. The highest BCUT2D eigenvalue weighted by Crippen LogP contribution is 2.26. The van der Waals surface area contributed by atoms with E-state index < -0.39 is 23.8 Å². The Balaban J connectivity index is 1.23. The molecule has 0 saturated carbocycles. The monoisotopic (exact) mass is 762 g/mol. The van der Waals surface area contributed by atoms with Crippen LogP contribution in [-0.4, -0.2) is 65.3 Å². The molecule has 1 aliphatic heterocycles. The van der Waals surface area contributed by atoms with Gasteiger partial charge in [0, 0.05) is 55.3 Å². The van der Waals surface area contributed by atoms with E-state index in [1.165, 1.54) is 25.7 Å². The van der Waals surface area contributed by atoms with Gasteiger partial charge >= 0.3 is 5.97 Å². The maximum Gasteiger partial charge on any atom is 0.308 e. The molecule has 2 heterocycles. The van der Waals surface area contributed by atoms with Crippen molar-refractivity contribution in [2.45, 2.75) is 96.9 Å². The van der Waals surface area contributed by atoms with Gasteiger partial charge in [-0.2, -0.15) is 0 Å². The largest absolute Gasteiger partial charge is 0.494 e. The summed E-state index contributed by atoms with van der Waals surface area (Å²) in [6.07, 6.45) is 11.9. The van der Waals surface area contributed by atoms with Gasteiger partial charge in [-0.3, -0.25) is 14.4 Å². The van der Waals surface area contributed by atoms with Crippen LogP contribution < -0.4 is 15.4 Å². The highest BCUT2D eigenvalue weighted by atomic mass is 16.5. The summed E-state index contributed by atoms with van der Waals surface area (Å²) < 4.78 is 11.3. The van der Waals surface area contributed by atoms with Crippen LogP contribution in [0.5, 0.6) is 5.75 Å². The smallest absolute Gasteiger partial charge is 0.308 e. The zero-order valence-corrected chi connectivity index (χ0v) is 33.4. The highest BCUT2D eigenvalue weighted by molar-refractivity contribution is 5.97. The zero-order valence-electron chi connectivity index (χ0n) is 33.4. The molecule has 0 aliphatic carbocycles. The summed E-state index contributed by atoms with van der Waals surface area (Å²) in [7, 11) is 0. The lowest BCUT2D eigenvalue weighted by Gasteiger charge is -2.25. The number of nitrogens with zero attached hydrogens (tertiary/aromatic N) is 2. The molecule has 1 aliphatic rings. The molecule has 1 fully saturated rings. The average Bonchev–Trinajstić information content (AvgIpc) is 3.21. The molecule has 3 aromatic carbocycles. The Labute approximate surface area is 331 Å². The second-order valence-corrected chi connectivity index (χ2v) is 15.9. The molecule has 2 amide bonds. The standard InChI is InChI=1S/C46H58N4O6/c1-5-6-7-8-9-24-56-40-20-16-34(17-21-40)38-30-47-42(48-31-38)35-12-10-32(11-13-35)28-41(50-43(51)36-14-18-39(19-15-36)46(2,3)4)44(52)49-29-37(45(53)54)27-33-22-25-55-26-23-33/h10-21,30-31,33,37,41H,5-9,22-29H2,1-4H3,(H,49,52)(H,50,51)(H,53,54). The van der Waals surface area contributed by atoms with Gasteiger partial charge in [0.1, 0.15) is 11.8 Å². The van der Waals surface area contributed by atoms with Crippen LogP contribution in [0.1, 0.15) is 101 Å². The number of rotatable bonds is 19. The molecule has 1 aromatic heterocycles. The zero-order chi connectivity index (χ0) is 39.9. The van der Waals surface area contributed by atoms with Crippen LogP contribution in [0.15, 0.2) is 85.2 Å². The first-order valence-corrected chi connectivity index (χ1v) is 20.1. The van der Waals surface area contributed by atoms with Gasteiger partial charge in [-0.1, -0.05) is 102 Å². The lowest BCUT2D eigenvalue weighted by Crippen LogP contribution is -2.49. The van der Waals surface area contributed by atoms with Gasteiger partial charge in [-0.25, -0.2) is 9.97 Å². The molecule has 4 aromatic rings. The van der Waals surface area contributed by atoms with Crippen LogP contribution >= 0.6 is 0 Å². The Bertz CT molecular complexity index is 1830. The normalized spacial score (nSPS) is 14.4. The molecule has 10 heteroatoms. The van der Waals surface area contributed by atoms with Crippen LogP contribution in [0.4, 0.5) is 0 Å². The van der Waals surface area contributed by atoms with Crippen molar-refractivity contribution in [3.63, 3.8) is 0 Å². The Morgan fingerprint density at radius 1 is 0.839 bits per heavy atom. The summed E-state index contributed by atoms with van der Waals surface area (Å²) in [5.41, 5.74) is 4.97. The number of amides is 2. The van der Waals surface area contributed by atoms with Crippen LogP contribution in [0.2, 0.25) is 0 Å². The van der Waals surface area contributed by atoms with Crippen LogP contribution in [-0.2, 0) is 26.2 Å². The molecule has 1 saturated heterocycles. The number of carboxylic acid groups (broad SMARTS) is 1. The molecular formula is C46H58N4O6. The predicted molar refractivity (Wildman–Crippen MR) is 220 cm³/mol. The Kier molecular flexibility index (Phi) is 15.6. The summed E-state index contributed by atoms with van der Waals surface area (Å²) in [5, 5.41) is 15.7. The summed E-state index contributed by atoms with van der Waals surface area (Å²) in [4.78, 5) is 48.6. The van der Waals surface area contributed by atoms with Crippen molar-refractivity contribution in [1.82, 2.24) is 20.6 Å². The molecule has 0 bridgehead atoms. The fraction of sp³-hybridized carbons (Fsp3) is 0.457. The molecule has 2 atom stereocenters. The summed E-state index contributed by atoms with van der Waals surface area (Å²) in [6.45, 7) is 10.5. The number of benzene rings is 3. The van der Waals surface area contributed by atoms with Gasteiger partial charge in [0.25, 0.3) is 5.91 Å². The van der Waals surface area contributed by atoms with Gasteiger partial charge in [0.15, 0.2) is 5.82 Å². The molecule has 10 nitrogen and oxygen atoms in total. The van der Waals surface area contributed by atoms with E-state index in [9.17, 15) is 19.5 Å². The van der Waals surface area contributed by atoms with Crippen molar-refractivity contribution in [3.8, 4) is 28.3 Å². The van der Waals surface area contributed by atoms with Crippen molar-refractivity contribution in [1.29, 1.82) is 0 Å². The number of aromatic nitrogens is 2. The second kappa shape index (κ2) is 20.7. The number of ether oxygens (including phenoxy) is 2. The molecular weight excluding hydrogens is 705 g/mol. The first-order chi connectivity index (χ1) is 27.0. The van der Waals surface area contributed by atoms with E-state index in [0.717, 1.165) is 59.4 Å². The average molecular weight is 763 g/mol. The van der Waals surface area contributed by atoms with E-state index in [1.807, 2.05) is 60.7 Å². The van der Waals surface area contributed by atoms with Crippen molar-refractivity contribution < 1.29 is 29.0 Å². The third kappa shape index (κ3) is 12.7.